The van der Waals surface area contributed by atoms with Crippen LogP contribution in [0.15, 0.2) is 18.5 Å². The Hall–Kier alpha value is -1.73. The van der Waals surface area contributed by atoms with Crippen LogP contribution in [0.2, 0.25) is 0 Å². The summed E-state index contributed by atoms with van der Waals surface area (Å²) >= 11 is 0. The van der Waals surface area contributed by atoms with Crippen molar-refractivity contribution < 1.29 is 14.3 Å². The number of amides is 1. The quantitative estimate of drug-likeness (QED) is 0.802. The van der Waals surface area contributed by atoms with Crippen LogP contribution in [0.3, 0.4) is 0 Å². The van der Waals surface area contributed by atoms with Gasteiger partial charge in [0, 0.05) is 50.5 Å². The molecular formula is C14H20N4O3. The van der Waals surface area contributed by atoms with Crippen LogP contribution in [-0.4, -0.2) is 62.4 Å². The van der Waals surface area contributed by atoms with Crippen LogP contribution < -0.4 is 10.2 Å². The number of fused-ring (bicyclic) bond motifs is 1. The summed E-state index contributed by atoms with van der Waals surface area (Å²) in [4.78, 5) is 22.4. The summed E-state index contributed by atoms with van der Waals surface area (Å²) in [5, 5.41) is 2.95. The zero-order chi connectivity index (χ0) is 14.7. The first-order valence-electron chi connectivity index (χ1n) is 7.09. The van der Waals surface area contributed by atoms with E-state index in [-0.39, 0.29) is 17.9 Å². The monoisotopic (exact) mass is 292 g/mol. The molecular weight excluding hydrogens is 272 g/mol. The lowest BCUT2D eigenvalue weighted by atomic mass is 9.81. The van der Waals surface area contributed by atoms with E-state index in [1.807, 2.05) is 6.07 Å². The maximum Gasteiger partial charge on any atom is 0.246 e. The van der Waals surface area contributed by atoms with Crippen molar-refractivity contribution in [2.24, 2.45) is 11.3 Å². The topological polar surface area (TPSA) is 76.6 Å². The van der Waals surface area contributed by atoms with Gasteiger partial charge in [-0.25, -0.2) is 9.97 Å². The van der Waals surface area contributed by atoms with E-state index in [9.17, 15) is 4.79 Å². The minimum absolute atomic E-state index is 0.0530. The van der Waals surface area contributed by atoms with E-state index in [2.05, 4.69) is 20.2 Å². The number of anilines is 1. The number of nitrogens with one attached hydrogen (secondary N) is 1. The second kappa shape index (κ2) is 5.95. The average Bonchev–Trinajstić information content (AvgIpc) is 3.03. The number of hydrogen-bond donors (Lipinski definition) is 1. The van der Waals surface area contributed by atoms with Crippen molar-refractivity contribution in [2.75, 3.05) is 51.5 Å². The number of carbonyl (C=O) groups excluding carboxylic acids is 1. The van der Waals surface area contributed by atoms with Crippen LogP contribution in [0, 0.1) is 11.3 Å². The number of hydrogen-bond acceptors (Lipinski definition) is 6. The van der Waals surface area contributed by atoms with Crippen LogP contribution in [0.5, 0.6) is 0 Å². The molecule has 7 nitrogen and oxygen atoms in total. The molecule has 2 aliphatic rings. The van der Waals surface area contributed by atoms with Gasteiger partial charge in [0.2, 0.25) is 11.9 Å². The molecule has 114 valence electrons. The molecule has 2 aliphatic heterocycles. The molecule has 1 N–H and O–H groups in total. The fourth-order valence-electron chi connectivity index (χ4n) is 3.15. The molecule has 3 rings (SSSR count). The summed E-state index contributed by atoms with van der Waals surface area (Å²) in [6, 6.07) is 1.81. The van der Waals surface area contributed by atoms with E-state index in [1.165, 1.54) is 7.11 Å². The fraction of sp³-hybridized carbons (Fsp3) is 0.643. The number of methoxy groups -OCH3 is 1. The summed E-state index contributed by atoms with van der Waals surface area (Å²) in [6.07, 6.45) is 3.50. The highest BCUT2D eigenvalue weighted by Crippen LogP contribution is 2.41. The Bertz CT molecular complexity index is 498. The van der Waals surface area contributed by atoms with Gasteiger partial charge in [-0.1, -0.05) is 0 Å². The Balaban J connectivity index is 1.67. The van der Waals surface area contributed by atoms with Gasteiger partial charge in [0.25, 0.3) is 0 Å². The molecule has 0 aromatic carbocycles. The Morgan fingerprint density at radius 2 is 2.38 bits per heavy atom. The molecule has 2 atom stereocenters. The lowest BCUT2D eigenvalue weighted by molar-refractivity contribution is -0.125. The van der Waals surface area contributed by atoms with E-state index < -0.39 is 0 Å². The summed E-state index contributed by atoms with van der Waals surface area (Å²) in [5.74, 6) is 1.05. The minimum atomic E-state index is -0.0908. The number of aromatic nitrogens is 2. The first kappa shape index (κ1) is 14.2. The first-order chi connectivity index (χ1) is 10.2. The second-order valence-electron chi connectivity index (χ2n) is 5.71. The third-order valence-corrected chi connectivity index (χ3v) is 4.27. The number of ether oxygens (including phenoxy) is 2. The molecule has 1 amide bonds. The van der Waals surface area contributed by atoms with Crippen molar-refractivity contribution in [2.45, 2.75) is 0 Å². The largest absolute Gasteiger partial charge is 0.380 e. The molecule has 3 heterocycles. The molecule has 0 aliphatic carbocycles. The van der Waals surface area contributed by atoms with E-state index in [0.717, 1.165) is 25.6 Å². The van der Waals surface area contributed by atoms with Crippen LogP contribution in [0.4, 0.5) is 5.95 Å². The maximum absolute atomic E-state index is 11.6. The van der Waals surface area contributed by atoms with E-state index in [4.69, 9.17) is 9.47 Å². The third-order valence-electron chi connectivity index (χ3n) is 4.27. The number of rotatable bonds is 5. The highest BCUT2D eigenvalue weighted by molar-refractivity contribution is 5.77. The minimum Gasteiger partial charge on any atom is -0.380 e. The van der Waals surface area contributed by atoms with Crippen molar-refractivity contribution in [3.05, 3.63) is 18.5 Å². The van der Waals surface area contributed by atoms with E-state index >= 15 is 0 Å². The smallest absolute Gasteiger partial charge is 0.246 e. The third kappa shape index (κ3) is 2.84. The van der Waals surface area contributed by atoms with Gasteiger partial charge < -0.3 is 19.7 Å². The van der Waals surface area contributed by atoms with Crippen LogP contribution in [0.25, 0.3) is 0 Å². The van der Waals surface area contributed by atoms with Gasteiger partial charge in [-0.05, 0) is 6.07 Å². The molecule has 0 unspecified atom stereocenters. The predicted octanol–water partition coefficient (Wildman–Crippen LogP) is -0.308. The Kier molecular flexibility index (Phi) is 4.03. The van der Waals surface area contributed by atoms with Gasteiger partial charge >= 0.3 is 0 Å². The van der Waals surface area contributed by atoms with Crippen LogP contribution in [-0.2, 0) is 14.3 Å². The number of carbonyl (C=O) groups is 1. The summed E-state index contributed by atoms with van der Waals surface area (Å²) in [5.41, 5.74) is -0.0530. The Labute approximate surface area is 123 Å². The zero-order valence-corrected chi connectivity index (χ0v) is 12.1. The fourth-order valence-corrected chi connectivity index (χ4v) is 3.15. The molecule has 0 spiro atoms. The lowest BCUT2D eigenvalue weighted by Gasteiger charge is -2.27. The maximum atomic E-state index is 11.6. The van der Waals surface area contributed by atoms with E-state index in [0.29, 0.717) is 19.1 Å². The van der Waals surface area contributed by atoms with E-state index in [1.54, 1.807) is 12.4 Å². The molecule has 21 heavy (non-hydrogen) atoms. The van der Waals surface area contributed by atoms with Gasteiger partial charge in [0.1, 0.15) is 6.61 Å². The molecule has 0 bridgehead atoms. The standard InChI is InChI=1S/C14H20N4O3/c1-20-7-12(19)17-8-14-9-18(5-11(14)6-21-10-14)13-15-3-2-4-16-13/h2-4,11H,5-10H2,1H3,(H,17,19)/t11-,14+/m1/s1. The molecule has 0 radical (unpaired) electrons. The summed E-state index contributed by atoms with van der Waals surface area (Å²) < 4.78 is 10.5. The van der Waals surface area contributed by atoms with Gasteiger partial charge in [-0.15, -0.1) is 0 Å². The van der Waals surface area contributed by atoms with Crippen molar-refractivity contribution in [3.8, 4) is 0 Å². The highest BCUT2D eigenvalue weighted by atomic mass is 16.5. The molecule has 1 aromatic rings. The van der Waals surface area contributed by atoms with Crippen molar-refractivity contribution in [1.29, 1.82) is 0 Å². The Morgan fingerprint density at radius 3 is 3.14 bits per heavy atom. The molecule has 1 aromatic heterocycles. The van der Waals surface area contributed by atoms with Crippen LogP contribution >= 0.6 is 0 Å². The second-order valence-corrected chi connectivity index (χ2v) is 5.71. The van der Waals surface area contributed by atoms with Gasteiger partial charge in [0.05, 0.1) is 13.2 Å². The van der Waals surface area contributed by atoms with Crippen molar-refractivity contribution >= 4 is 11.9 Å². The molecule has 0 saturated carbocycles. The zero-order valence-electron chi connectivity index (χ0n) is 12.1. The number of nitrogens with zero attached hydrogens (tertiary/aromatic N) is 3. The molecule has 7 heteroatoms. The highest BCUT2D eigenvalue weighted by Gasteiger charge is 2.51. The van der Waals surface area contributed by atoms with Crippen LogP contribution in [0.1, 0.15) is 0 Å². The Morgan fingerprint density at radius 1 is 1.57 bits per heavy atom. The van der Waals surface area contributed by atoms with Gasteiger partial charge in [-0.3, -0.25) is 4.79 Å². The first-order valence-corrected chi connectivity index (χ1v) is 7.09. The van der Waals surface area contributed by atoms with Crippen molar-refractivity contribution in [3.63, 3.8) is 0 Å². The lowest BCUT2D eigenvalue weighted by Crippen LogP contribution is -2.44. The summed E-state index contributed by atoms with van der Waals surface area (Å²) in [6.45, 7) is 3.74. The SMILES string of the molecule is COCC(=O)NC[C@]12COC[C@H]1CN(c1ncccn1)C2. The molecule has 2 fully saturated rings. The van der Waals surface area contributed by atoms with Gasteiger partial charge in [-0.2, -0.15) is 0 Å². The van der Waals surface area contributed by atoms with Gasteiger partial charge in [0.15, 0.2) is 0 Å². The predicted molar refractivity (Wildman–Crippen MR) is 75.9 cm³/mol. The average molecular weight is 292 g/mol. The molecule has 2 saturated heterocycles. The normalized spacial score (nSPS) is 27.7. The summed E-state index contributed by atoms with van der Waals surface area (Å²) in [7, 11) is 1.52. The van der Waals surface area contributed by atoms with Crippen molar-refractivity contribution in [1.82, 2.24) is 15.3 Å².